The monoisotopic (exact) mass is 465 g/mol. The van der Waals surface area contributed by atoms with Crippen molar-refractivity contribution < 1.29 is 0 Å². The highest BCUT2D eigenvalue weighted by Gasteiger charge is 2.40. The highest BCUT2D eigenvalue weighted by atomic mass is 15.2. The zero-order chi connectivity index (χ0) is 23.0. The molecule has 1 saturated carbocycles. The van der Waals surface area contributed by atoms with E-state index in [1.807, 2.05) is 0 Å². The second kappa shape index (κ2) is 9.97. The van der Waals surface area contributed by atoms with Gasteiger partial charge in [-0.2, -0.15) is 0 Å². The maximum absolute atomic E-state index is 4.95. The second-order valence-corrected chi connectivity index (χ2v) is 12.3. The van der Waals surface area contributed by atoms with Crippen LogP contribution in [-0.2, 0) is 0 Å². The molecule has 5 heteroatoms. The second-order valence-electron chi connectivity index (χ2n) is 12.3. The molecule has 4 aliphatic heterocycles. The molecule has 0 amide bonds. The van der Waals surface area contributed by atoms with E-state index in [1.54, 1.807) is 0 Å². The van der Waals surface area contributed by atoms with E-state index in [2.05, 4.69) is 44.9 Å². The van der Waals surface area contributed by atoms with Gasteiger partial charge in [0.15, 0.2) is 0 Å². The van der Waals surface area contributed by atoms with Gasteiger partial charge in [-0.1, -0.05) is 12.8 Å². The molecule has 34 heavy (non-hydrogen) atoms. The Kier molecular flexibility index (Phi) is 6.77. The minimum absolute atomic E-state index is 0.618. The van der Waals surface area contributed by atoms with Crippen LogP contribution in [0.3, 0.4) is 0 Å². The van der Waals surface area contributed by atoms with Crippen LogP contribution < -0.4 is 9.80 Å². The highest BCUT2D eigenvalue weighted by Crippen LogP contribution is 2.43. The topological polar surface area (TPSA) is 25.9 Å². The minimum atomic E-state index is 0.618. The van der Waals surface area contributed by atoms with Crippen molar-refractivity contribution >= 4 is 11.5 Å². The van der Waals surface area contributed by atoms with Crippen molar-refractivity contribution in [1.82, 2.24) is 14.8 Å². The Hall–Kier alpha value is -1.33. The fourth-order valence-corrected chi connectivity index (χ4v) is 7.70. The van der Waals surface area contributed by atoms with Crippen LogP contribution in [0.15, 0.2) is 18.3 Å². The summed E-state index contributed by atoms with van der Waals surface area (Å²) in [4.78, 5) is 15.7. The van der Waals surface area contributed by atoms with E-state index in [1.165, 1.54) is 134 Å². The Morgan fingerprint density at radius 3 is 2.06 bits per heavy atom. The molecular formula is C29H47N5. The normalized spacial score (nSPS) is 30.0. The van der Waals surface area contributed by atoms with Crippen molar-refractivity contribution in [1.29, 1.82) is 0 Å². The quantitative estimate of drug-likeness (QED) is 0.612. The number of pyridine rings is 1. The molecule has 1 aliphatic carbocycles. The van der Waals surface area contributed by atoms with Crippen molar-refractivity contribution in [2.24, 2.45) is 5.41 Å². The molecular weight excluding hydrogens is 418 g/mol. The van der Waals surface area contributed by atoms with Crippen LogP contribution in [0.4, 0.5) is 11.5 Å². The van der Waals surface area contributed by atoms with Crippen LogP contribution in [0, 0.1) is 5.41 Å². The zero-order valence-electron chi connectivity index (χ0n) is 21.6. The van der Waals surface area contributed by atoms with Gasteiger partial charge in [0.25, 0.3) is 0 Å². The molecule has 5 aliphatic rings. The lowest BCUT2D eigenvalue weighted by atomic mass is 9.70. The maximum Gasteiger partial charge on any atom is 0.128 e. The van der Waals surface area contributed by atoms with Gasteiger partial charge in [0, 0.05) is 44.3 Å². The van der Waals surface area contributed by atoms with E-state index in [4.69, 9.17) is 4.98 Å². The van der Waals surface area contributed by atoms with E-state index in [9.17, 15) is 0 Å². The van der Waals surface area contributed by atoms with Crippen molar-refractivity contribution in [2.75, 3.05) is 55.6 Å². The van der Waals surface area contributed by atoms with Gasteiger partial charge < -0.3 is 14.7 Å². The molecule has 1 atom stereocenters. The van der Waals surface area contributed by atoms with Crippen molar-refractivity contribution in [3.05, 3.63) is 18.3 Å². The van der Waals surface area contributed by atoms with E-state index < -0.39 is 0 Å². The van der Waals surface area contributed by atoms with Gasteiger partial charge >= 0.3 is 0 Å². The summed E-state index contributed by atoms with van der Waals surface area (Å²) in [5.41, 5.74) is 1.94. The van der Waals surface area contributed by atoms with E-state index in [-0.39, 0.29) is 0 Å². The van der Waals surface area contributed by atoms with E-state index >= 15 is 0 Å². The lowest BCUT2D eigenvalue weighted by Crippen LogP contribution is -2.51. The van der Waals surface area contributed by atoms with Gasteiger partial charge in [0.05, 0.1) is 11.9 Å². The molecule has 1 aromatic rings. The standard InChI is InChI=1S/C29H47N5/c1-24-5-2-3-16-34(24)26-10-17-31(18-11-26)27-8-9-28(30-23-27)33-21-14-29(15-22-33)12-19-32(20-13-29)25-6-4-7-25/h8-9,23-26H,2-7,10-22H2,1H3/t24-/m1/s1. The summed E-state index contributed by atoms with van der Waals surface area (Å²) in [6, 6.07) is 7.14. The summed E-state index contributed by atoms with van der Waals surface area (Å²) >= 11 is 0. The third-order valence-corrected chi connectivity index (χ3v) is 10.5. The molecule has 0 bridgehead atoms. The maximum atomic E-state index is 4.95. The summed E-state index contributed by atoms with van der Waals surface area (Å²) in [6.45, 7) is 11.2. The molecule has 0 unspecified atom stereocenters. The number of nitrogens with zero attached hydrogens (tertiary/aromatic N) is 5. The SMILES string of the molecule is C[C@@H]1CCCCN1C1CCN(c2ccc(N3CCC4(CC3)CCN(C3CCC3)CC4)nc2)CC1. The molecule has 6 rings (SSSR count). The molecule has 4 saturated heterocycles. The number of aromatic nitrogens is 1. The third kappa shape index (κ3) is 4.72. The average molecular weight is 466 g/mol. The van der Waals surface area contributed by atoms with E-state index in [0.717, 1.165) is 18.1 Å². The van der Waals surface area contributed by atoms with Gasteiger partial charge in [0.2, 0.25) is 0 Å². The van der Waals surface area contributed by atoms with Gasteiger partial charge in [-0.25, -0.2) is 4.98 Å². The first-order chi connectivity index (χ1) is 16.7. The summed E-state index contributed by atoms with van der Waals surface area (Å²) < 4.78 is 0. The first-order valence-corrected chi connectivity index (χ1v) is 14.6. The Balaban J connectivity index is 0.982. The number of piperidine rings is 4. The number of likely N-dealkylation sites (tertiary alicyclic amines) is 2. The first kappa shape index (κ1) is 23.1. The number of hydrogen-bond donors (Lipinski definition) is 0. The summed E-state index contributed by atoms with van der Waals surface area (Å²) in [5, 5.41) is 0. The van der Waals surface area contributed by atoms with Crippen LogP contribution in [0.5, 0.6) is 0 Å². The van der Waals surface area contributed by atoms with Crippen molar-refractivity contribution in [2.45, 2.75) is 102 Å². The fourth-order valence-electron chi connectivity index (χ4n) is 7.70. The molecule has 0 aromatic carbocycles. The molecule has 1 aromatic heterocycles. The van der Waals surface area contributed by atoms with Gasteiger partial charge in [-0.3, -0.25) is 4.90 Å². The molecule has 5 nitrogen and oxygen atoms in total. The molecule has 5 heterocycles. The zero-order valence-corrected chi connectivity index (χ0v) is 21.6. The molecule has 5 fully saturated rings. The Labute approximate surface area is 207 Å². The first-order valence-electron chi connectivity index (χ1n) is 14.6. The lowest BCUT2D eigenvalue weighted by molar-refractivity contribution is 0.0305. The van der Waals surface area contributed by atoms with Crippen LogP contribution in [0.2, 0.25) is 0 Å². The third-order valence-electron chi connectivity index (χ3n) is 10.5. The van der Waals surface area contributed by atoms with Gasteiger partial charge in [0.1, 0.15) is 5.82 Å². The van der Waals surface area contributed by atoms with Gasteiger partial charge in [-0.05, 0) is 108 Å². The molecule has 0 N–H and O–H groups in total. The smallest absolute Gasteiger partial charge is 0.128 e. The van der Waals surface area contributed by atoms with Crippen molar-refractivity contribution in [3.8, 4) is 0 Å². The largest absolute Gasteiger partial charge is 0.370 e. The summed E-state index contributed by atoms with van der Waals surface area (Å²) in [5.74, 6) is 1.20. The number of hydrogen-bond acceptors (Lipinski definition) is 5. The number of anilines is 2. The Morgan fingerprint density at radius 2 is 1.44 bits per heavy atom. The summed E-state index contributed by atoms with van der Waals surface area (Å²) in [6.07, 6.45) is 18.9. The van der Waals surface area contributed by atoms with Crippen LogP contribution in [0.25, 0.3) is 0 Å². The van der Waals surface area contributed by atoms with Crippen LogP contribution >= 0.6 is 0 Å². The summed E-state index contributed by atoms with van der Waals surface area (Å²) in [7, 11) is 0. The number of rotatable bonds is 4. The molecule has 1 spiro atoms. The predicted molar refractivity (Wildman–Crippen MR) is 142 cm³/mol. The van der Waals surface area contributed by atoms with Crippen LogP contribution in [-0.4, -0.2) is 78.7 Å². The lowest BCUT2D eigenvalue weighted by Gasteiger charge is -2.50. The molecule has 0 radical (unpaired) electrons. The van der Waals surface area contributed by atoms with E-state index in [0.29, 0.717) is 5.41 Å². The van der Waals surface area contributed by atoms with Crippen LogP contribution in [0.1, 0.15) is 84.0 Å². The van der Waals surface area contributed by atoms with Gasteiger partial charge in [-0.15, -0.1) is 0 Å². The van der Waals surface area contributed by atoms with Crippen molar-refractivity contribution in [3.63, 3.8) is 0 Å². The molecule has 188 valence electrons. The average Bonchev–Trinajstić information content (AvgIpc) is 2.86. The Morgan fingerprint density at radius 1 is 0.706 bits per heavy atom. The fraction of sp³-hybridized carbons (Fsp3) is 0.828. The minimum Gasteiger partial charge on any atom is -0.370 e. The Bertz CT molecular complexity index is 779. The highest BCUT2D eigenvalue weighted by molar-refractivity contribution is 5.51. The predicted octanol–water partition coefficient (Wildman–Crippen LogP) is 5.16.